The van der Waals surface area contributed by atoms with E-state index in [1.807, 2.05) is 28.8 Å². The number of ether oxygens (including phenoxy) is 1. The van der Waals surface area contributed by atoms with Gasteiger partial charge in [-0.2, -0.15) is 0 Å². The molecule has 0 saturated carbocycles. The Morgan fingerprint density at radius 2 is 1.88 bits per heavy atom. The first-order chi connectivity index (χ1) is 11.6. The van der Waals surface area contributed by atoms with Crippen LogP contribution in [0.2, 0.25) is 0 Å². The number of morpholine rings is 1. The third-order valence-electron chi connectivity index (χ3n) is 3.83. The third kappa shape index (κ3) is 2.91. The van der Waals surface area contributed by atoms with Crippen LogP contribution in [0, 0.1) is 4.77 Å². The number of aromatic nitrogens is 3. The summed E-state index contributed by atoms with van der Waals surface area (Å²) in [6.07, 6.45) is 0. The summed E-state index contributed by atoms with van der Waals surface area (Å²) in [6, 6.07) is 7.86. The second-order valence-corrected chi connectivity index (χ2v) is 8.67. The van der Waals surface area contributed by atoms with Crippen LogP contribution in [-0.2, 0) is 4.74 Å². The Morgan fingerprint density at radius 3 is 2.58 bits per heavy atom. The van der Waals surface area contributed by atoms with Gasteiger partial charge in [-0.15, -0.1) is 0 Å². The van der Waals surface area contributed by atoms with Crippen LogP contribution in [0.5, 0.6) is 0 Å². The fourth-order valence-electron chi connectivity index (χ4n) is 2.62. The molecule has 24 heavy (non-hydrogen) atoms. The van der Waals surface area contributed by atoms with E-state index in [4.69, 9.17) is 22.7 Å². The molecule has 2 N–H and O–H groups in total. The summed E-state index contributed by atoms with van der Waals surface area (Å²) in [5, 5.41) is 0. The average molecular weight is 471 g/mol. The third-order valence-corrected chi connectivity index (χ3v) is 7.00. The van der Waals surface area contributed by atoms with Crippen molar-refractivity contribution >= 4 is 63.1 Å². The fraction of sp³-hybridized carbons (Fsp3) is 0.267. The number of nitrogen functional groups attached to an aromatic ring is 1. The molecule has 1 aliphatic heterocycles. The number of nitrogens with zero attached hydrogens (tertiary/aromatic N) is 4. The SMILES string of the molecule is Nc1c2[se]c(N3CCOCC3)nc2nc(=S)n1-c1ccc(Br)cc1. The quantitative estimate of drug-likeness (QED) is 0.458. The van der Waals surface area contributed by atoms with Gasteiger partial charge in [0.2, 0.25) is 0 Å². The Balaban J connectivity index is 1.84. The molecule has 6 nitrogen and oxygen atoms in total. The Hall–Kier alpha value is -1.25. The van der Waals surface area contributed by atoms with Crippen LogP contribution in [-0.4, -0.2) is 55.3 Å². The summed E-state index contributed by atoms with van der Waals surface area (Å²) in [4.78, 5) is 11.5. The van der Waals surface area contributed by atoms with Crippen molar-refractivity contribution < 1.29 is 4.74 Å². The standard InChI is InChI=1S/C15H14BrN5OSSe/c16-9-1-3-10(4-2-9)21-12(17)11-13(18-14(21)23)19-15(24-11)20-5-7-22-8-6-20/h1-4H,5-8,17H2. The molecule has 0 aliphatic carbocycles. The molecular weight excluding hydrogens is 457 g/mol. The molecule has 3 heterocycles. The molecular formula is C15H14BrN5OSSe. The first-order valence-electron chi connectivity index (χ1n) is 7.41. The minimum atomic E-state index is 0.0317. The van der Waals surface area contributed by atoms with Crippen molar-refractivity contribution in [2.45, 2.75) is 0 Å². The van der Waals surface area contributed by atoms with Gasteiger partial charge in [-0.25, -0.2) is 0 Å². The second-order valence-electron chi connectivity index (χ2n) is 5.34. The van der Waals surface area contributed by atoms with Crippen LogP contribution >= 0.6 is 28.1 Å². The molecule has 1 saturated heterocycles. The number of nitrogens with two attached hydrogens (primary N) is 1. The van der Waals surface area contributed by atoms with E-state index in [9.17, 15) is 0 Å². The van der Waals surface area contributed by atoms with Gasteiger partial charge < -0.3 is 0 Å². The predicted molar refractivity (Wildman–Crippen MR) is 102 cm³/mol. The summed E-state index contributed by atoms with van der Waals surface area (Å²) in [5.41, 5.74) is 8.02. The molecule has 3 aromatic rings. The second kappa shape index (κ2) is 6.57. The first-order valence-corrected chi connectivity index (χ1v) is 10.3. The van der Waals surface area contributed by atoms with Crippen LogP contribution in [0.4, 0.5) is 10.5 Å². The number of hydrogen-bond donors (Lipinski definition) is 1. The fourth-order valence-corrected chi connectivity index (χ4v) is 5.28. The molecule has 0 atom stereocenters. The normalized spacial score (nSPS) is 15.1. The maximum absolute atomic E-state index is 6.44. The molecule has 1 aliphatic rings. The Kier molecular flexibility index (Phi) is 4.44. The van der Waals surface area contributed by atoms with E-state index < -0.39 is 0 Å². The molecule has 0 unspecified atom stereocenters. The molecule has 1 fully saturated rings. The van der Waals surface area contributed by atoms with E-state index in [2.05, 4.69) is 30.8 Å². The van der Waals surface area contributed by atoms with Gasteiger partial charge in [0.15, 0.2) is 0 Å². The number of fused-ring (bicyclic) bond motifs is 1. The zero-order valence-corrected chi connectivity index (χ0v) is 16.7. The van der Waals surface area contributed by atoms with Crippen LogP contribution in [0.3, 0.4) is 0 Å². The van der Waals surface area contributed by atoms with Crippen molar-refractivity contribution in [2.24, 2.45) is 0 Å². The summed E-state index contributed by atoms with van der Waals surface area (Å²) in [6.45, 7) is 3.20. The van der Waals surface area contributed by atoms with Gasteiger partial charge in [-0.05, 0) is 0 Å². The topological polar surface area (TPSA) is 69.2 Å². The molecule has 0 bridgehead atoms. The molecule has 124 valence electrons. The monoisotopic (exact) mass is 471 g/mol. The van der Waals surface area contributed by atoms with Gasteiger partial charge in [0.25, 0.3) is 0 Å². The number of benzene rings is 1. The number of rotatable bonds is 2. The zero-order chi connectivity index (χ0) is 16.7. The van der Waals surface area contributed by atoms with Gasteiger partial charge in [-0.3, -0.25) is 0 Å². The summed E-state index contributed by atoms with van der Waals surface area (Å²) >= 11 is 8.93. The van der Waals surface area contributed by atoms with E-state index in [0.717, 1.165) is 45.4 Å². The van der Waals surface area contributed by atoms with Crippen LogP contribution in [0.1, 0.15) is 0 Å². The zero-order valence-electron chi connectivity index (χ0n) is 12.6. The van der Waals surface area contributed by atoms with Crippen LogP contribution in [0.15, 0.2) is 28.7 Å². The number of hydrogen-bond acceptors (Lipinski definition) is 6. The predicted octanol–water partition coefficient (Wildman–Crippen LogP) is 2.39. The molecule has 2 aromatic heterocycles. The van der Waals surface area contributed by atoms with Gasteiger partial charge in [0.05, 0.1) is 0 Å². The van der Waals surface area contributed by atoms with Crippen molar-refractivity contribution in [2.75, 3.05) is 36.9 Å². The Morgan fingerprint density at radius 1 is 1.17 bits per heavy atom. The van der Waals surface area contributed by atoms with E-state index in [1.54, 1.807) is 0 Å². The molecule has 1 aromatic carbocycles. The molecule has 9 heteroatoms. The van der Waals surface area contributed by atoms with Gasteiger partial charge in [0, 0.05) is 0 Å². The van der Waals surface area contributed by atoms with Crippen molar-refractivity contribution in [1.29, 1.82) is 0 Å². The molecule has 4 rings (SSSR count). The van der Waals surface area contributed by atoms with Gasteiger partial charge in [0.1, 0.15) is 0 Å². The Labute approximate surface area is 158 Å². The van der Waals surface area contributed by atoms with E-state index in [1.165, 1.54) is 0 Å². The summed E-state index contributed by atoms with van der Waals surface area (Å²) in [5.74, 6) is 0.638. The summed E-state index contributed by atoms with van der Waals surface area (Å²) < 4.78 is 10.7. The van der Waals surface area contributed by atoms with E-state index in [-0.39, 0.29) is 14.5 Å². The van der Waals surface area contributed by atoms with Crippen LogP contribution in [0.25, 0.3) is 15.6 Å². The van der Waals surface area contributed by atoms with E-state index in [0.29, 0.717) is 16.2 Å². The maximum atomic E-state index is 6.44. The number of anilines is 2. The van der Waals surface area contributed by atoms with Crippen molar-refractivity contribution in [1.82, 2.24) is 14.5 Å². The van der Waals surface area contributed by atoms with Crippen molar-refractivity contribution in [3.8, 4) is 5.69 Å². The summed E-state index contributed by atoms with van der Waals surface area (Å²) in [7, 11) is 0. The molecule has 0 amide bonds. The van der Waals surface area contributed by atoms with Gasteiger partial charge in [-0.1, -0.05) is 0 Å². The van der Waals surface area contributed by atoms with Crippen molar-refractivity contribution in [3.05, 3.63) is 33.5 Å². The Bertz CT molecular complexity index is 949. The van der Waals surface area contributed by atoms with Crippen LogP contribution < -0.4 is 10.6 Å². The van der Waals surface area contributed by atoms with Gasteiger partial charge >= 0.3 is 158 Å². The van der Waals surface area contributed by atoms with E-state index >= 15 is 0 Å². The minimum absolute atomic E-state index is 0.0317. The molecule has 0 spiro atoms. The average Bonchev–Trinajstić information content (AvgIpc) is 3.02. The number of halogens is 1. The first kappa shape index (κ1) is 16.2. The molecule has 0 radical (unpaired) electrons. The van der Waals surface area contributed by atoms with Crippen molar-refractivity contribution in [3.63, 3.8) is 0 Å².